The summed E-state index contributed by atoms with van der Waals surface area (Å²) in [5.74, 6) is 0.374. The molecule has 108 valence electrons. The Bertz CT molecular complexity index is 395. The molecule has 1 N–H and O–H groups in total. The molecule has 2 atom stereocenters. The van der Waals surface area contributed by atoms with Gasteiger partial charge in [0.05, 0.1) is 6.54 Å². The Labute approximate surface area is 126 Å². The van der Waals surface area contributed by atoms with E-state index in [1.165, 1.54) is 5.56 Å². The van der Waals surface area contributed by atoms with E-state index in [9.17, 15) is 4.79 Å². The van der Waals surface area contributed by atoms with Gasteiger partial charge >= 0.3 is 0 Å². The van der Waals surface area contributed by atoms with E-state index in [2.05, 4.69) is 19.2 Å². The first kappa shape index (κ1) is 18.2. The molecule has 0 fully saturated rings. The summed E-state index contributed by atoms with van der Waals surface area (Å²) in [4.78, 5) is 13.6. The monoisotopic (exact) mass is 304 g/mol. The van der Waals surface area contributed by atoms with Crippen LogP contribution >= 0.6 is 24.0 Å². The standard InChI is InChI=1S/C14H21ClN2O.ClH/c1-10(12-5-7-13(15)8-6-12)11(2)17(4)14(18)9-16-3;/h5-8,10-11,16H,9H2,1-4H3;1H. The highest BCUT2D eigenvalue weighted by molar-refractivity contribution is 6.30. The Morgan fingerprint density at radius 2 is 1.84 bits per heavy atom. The predicted molar refractivity (Wildman–Crippen MR) is 83.3 cm³/mol. The van der Waals surface area contributed by atoms with Gasteiger partial charge in [0.2, 0.25) is 5.91 Å². The van der Waals surface area contributed by atoms with Gasteiger partial charge in [0.1, 0.15) is 0 Å². The predicted octanol–water partition coefficient (Wildman–Crippen LogP) is 2.93. The third kappa shape index (κ3) is 5.01. The maximum absolute atomic E-state index is 11.8. The number of nitrogens with one attached hydrogen (secondary N) is 1. The average molecular weight is 305 g/mol. The van der Waals surface area contributed by atoms with E-state index in [0.717, 1.165) is 5.02 Å². The minimum absolute atomic E-state index is 0. The van der Waals surface area contributed by atoms with Crippen LogP contribution in [0.4, 0.5) is 0 Å². The number of likely N-dealkylation sites (N-methyl/N-ethyl adjacent to an activating group) is 2. The minimum Gasteiger partial charge on any atom is -0.341 e. The topological polar surface area (TPSA) is 32.3 Å². The van der Waals surface area contributed by atoms with Crippen LogP contribution in [0.25, 0.3) is 0 Å². The number of nitrogens with zero attached hydrogens (tertiary/aromatic N) is 1. The van der Waals surface area contributed by atoms with Crippen LogP contribution < -0.4 is 5.32 Å². The van der Waals surface area contributed by atoms with E-state index in [1.807, 2.05) is 31.3 Å². The van der Waals surface area contributed by atoms with Crippen molar-refractivity contribution in [2.24, 2.45) is 0 Å². The van der Waals surface area contributed by atoms with Crippen molar-refractivity contribution in [2.75, 3.05) is 20.6 Å². The number of halogens is 2. The van der Waals surface area contributed by atoms with Gasteiger partial charge in [-0.15, -0.1) is 12.4 Å². The lowest BCUT2D eigenvalue weighted by molar-refractivity contribution is -0.130. The van der Waals surface area contributed by atoms with Crippen molar-refractivity contribution in [2.45, 2.75) is 25.8 Å². The Morgan fingerprint density at radius 3 is 2.32 bits per heavy atom. The molecule has 1 aromatic rings. The van der Waals surface area contributed by atoms with Crippen molar-refractivity contribution in [3.8, 4) is 0 Å². The van der Waals surface area contributed by atoms with Crippen molar-refractivity contribution in [1.82, 2.24) is 10.2 Å². The highest BCUT2D eigenvalue weighted by Gasteiger charge is 2.21. The highest BCUT2D eigenvalue weighted by atomic mass is 35.5. The summed E-state index contributed by atoms with van der Waals surface area (Å²) in [6.45, 7) is 4.55. The largest absolute Gasteiger partial charge is 0.341 e. The molecule has 19 heavy (non-hydrogen) atoms. The number of carbonyl (C=O) groups excluding carboxylic acids is 1. The zero-order valence-corrected chi connectivity index (χ0v) is 13.4. The molecule has 5 heteroatoms. The number of hydrogen-bond acceptors (Lipinski definition) is 2. The van der Waals surface area contributed by atoms with Gasteiger partial charge in [-0.25, -0.2) is 0 Å². The molecule has 0 heterocycles. The van der Waals surface area contributed by atoms with Crippen molar-refractivity contribution in [1.29, 1.82) is 0 Å². The lowest BCUT2D eigenvalue weighted by Gasteiger charge is -2.30. The van der Waals surface area contributed by atoms with Crippen molar-refractivity contribution in [3.63, 3.8) is 0 Å². The zero-order chi connectivity index (χ0) is 13.7. The summed E-state index contributed by atoms with van der Waals surface area (Å²) in [7, 11) is 3.62. The summed E-state index contributed by atoms with van der Waals surface area (Å²) in [6, 6.07) is 7.94. The van der Waals surface area contributed by atoms with Crippen LogP contribution in [0.3, 0.4) is 0 Å². The second kappa shape index (κ2) is 8.41. The first-order valence-corrected chi connectivity index (χ1v) is 6.51. The number of carbonyl (C=O) groups is 1. The fraction of sp³-hybridized carbons (Fsp3) is 0.500. The number of rotatable bonds is 5. The molecule has 0 aliphatic carbocycles. The fourth-order valence-corrected chi connectivity index (χ4v) is 2.01. The molecule has 0 saturated carbocycles. The summed E-state index contributed by atoms with van der Waals surface area (Å²) < 4.78 is 0. The Morgan fingerprint density at radius 1 is 1.32 bits per heavy atom. The SMILES string of the molecule is CNCC(=O)N(C)C(C)C(C)c1ccc(Cl)cc1.Cl. The van der Waals surface area contributed by atoms with Gasteiger partial charge in [-0.3, -0.25) is 4.79 Å². The smallest absolute Gasteiger partial charge is 0.236 e. The molecule has 1 amide bonds. The molecule has 0 radical (unpaired) electrons. The number of hydrogen-bond donors (Lipinski definition) is 1. The van der Waals surface area contributed by atoms with E-state index in [1.54, 1.807) is 11.9 Å². The van der Waals surface area contributed by atoms with Crippen molar-refractivity contribution < 1.29 is 4.79 Å². The van der Waals surface area contributed by atoms with Crippen LogP contribution in [0.1, 0.15) is 25.3 Å². The van der Waals surface area contributed by atoms with Gasteiger partial charge in [0.15, 0.2) is 0 Å². The summed E-state index contributed by atoms with van der Waals surface area (Å²) >= 11 is 5.88. The van der Waals surface area contributed by atoms with Crippen LogP contribution in [-0.4, -0.2) is 37.5 Å². The van der Waals surface area contributed by atoms with Gasteiger partial charge in [-0.05, 0) is 31.7 Å². The second-order valence-corrected chi connectivity index (χ2v) is 5.05. The highest BCUT2D eigenvalue weighted by Crippen LogP contribution is 2.23. The summed E-state index contributed by atoms with van der Waals surface area (Å²) in [5.41, 5.74) is 1.19. The second-order valence-electron chi connectivity index (χ2n) is 4.62. The van der Waals surface area contributed by atoms with E-state index in [0.29, 0.717) is 6.54 Å². The van der Waals surface area contributed by atoms with Crippen molar-refractivity contribution in [3.05, 3.63) is 34.9 Å². The average Bonchev–Trinajstić information content (AvgIpc) is 2.37. The van der Waals surface area contributed by atoms with Crippen molar-refractivity contribution >= 4 is 29.9 Å². The van der Waals surface area contributed by atoms with Gasteiger partial charge in [-0.1, -0.05) is 30.7 Å². The molecular weight excluding hydrogens is 283 g/mol. The Balaban J connectivity index is 0.00000324. The molecule has 0 aromatic heterocycles. The van der Waals surface area contributed by atoms with Crippen LogP contribution in [0, 0.1) is 0 Å². The van der Waals surface area contributed by atoms with Gasteiger partial charge in [0.25, 0.3) is 0 Å². The minimum atomic E-state index is 0. The molecule has 0 saturated heterocycles. The Hall–Kier alpha value is -0.770. The third-order valence-corrected chi connectivity index (χ3v) is 3.70. The quantitative estimate of drug-likeness (QED) is 0.907. The maximum atomic E-state index is 11.8. The molecule has 0 spiro atoms. The first-order chi connectivity index (χ1) is 8.47. The molecular formula is C14H22Cl2N2O. The molecule has 1 aromatic carbocycles. The molecule has 0 aliphatic rings. The number of amides is 1. The normalized spacial score (nSPS) is 13.3. The van der Waals surface area contributed by atoms with Gasteiger partial charge in [-0.2, -0.15) is 0 Å². The molecule has 0 bridgehead atoms. The third-order valence-electron chi connectivity index (χ3n) is 3.45. The van der Waals surface area contributed by atoms with Crippen LogP contribution in [0.15, 0.2) is 24.3 Å². The molecule has 2 unspecified atom stereocenters. The summed E-state index contributed by atoms with van der Waals surface area (Å²) in [6.07, 6.45) is 0. The Kier molecular flexibility index (Phi) is 8.07. The van der Waals surface area contributed by atoms with E-state index >= 15 is 0 Å². The van der Waals surface area contributed by atoms with E-state index in [4.69, 9.17) is 11.6 Å². The number of benzene rings is 1. The fourth-order valence-electron chi connectivity index (χ4n) is 1.88. The zero-order valence-electron chi connectivity index (χ0n) is 11.8. The molecule has 0 aliphatic heterocycles. The van der Waals surface area contributed by atoms with Crippen LogP contribution in [0.5, 0.6) is 0 Å². The maximum Gasteiger partial charge on any atom is 0.236 e. The molecule has 3 nitrogen and oxygen atoms in total. The lowest BCUT2D eigenvalue weighted by atomic mass is 9.93. The molecule has 1 rings (SSSR count). The summed E-state index contributed by atoms with van der Waals surface area (Å²) in [5, 5.41) is 3.62. The van der Waals surface area contributed by atoms with Crippen LogP contribution in [0.2, 0.25) is 5.02 Å². The van der Waals surface area contributed by atoms with Gasteiger partial charge in [0, 0.05) is 24.0 Å². The lowest BCUT2D eigenvalue weighted by Crippen LogP contribution is -2.42. The van der Waals surface area contributed by atoms with E-state index in [-0.39, 0.29) is 30.3 Å². The van der Waals surface area contributed by atoms with Crippen LogP contribution in [-0.2, 0) is 4.79 Å². The first-order valence-electron chi connectivity index (χ1n) is 6.13. The van der Waals surface area contributed by atoms with E-state index < -0.39 is 0 Å². The van der Waals surface area contributed by atoms with Gasteiger partial charge < -0.3 is 10.2 Å².